The van der Waals surface area contributed by atoms with Crippen LogP contribution < -0.4 is 10.6 Å². The Morgan fingerprint density at radius 3 is 3.11 bits per heavy atom. The summed E-state index contributed by atoms with van der Waals surface area (Å²) in [6, 6.07) is 6.04. The molecule has 0 radical (unpaired) electrons. The molecular formula is C14H20N4O. The molecule has 0 bridgehead atoms. The zero-order valence-corrected chi connectivity index (χ0v) is 11.1. The van der Waals surface area contributed by atoms with E-state index in [1.54, 1.807) is 0 Å². The molecule has 0 atom stereocenters. The minimum atomic E-state index is 0.840. The molecule has 1 aromatic heterocycles. The lowest BCUT2D eigenvalue weighted by Crippen LogP contribution is -2.44. The summed E-state index contributed by atoms with van der Waals surface area (Å²) in [6.07, 6.45) is 2.65. The van der Waals surface area contributed by atoms with Gasteiger partial charge in [0.15, 0.2) is 12.0 Å². The Balaban J connectivity index is 1.43. The largest absolute Gasteiger partial charge is 0.443 e. The fourth-order valence-electron chi connectivity index (χ4n) is 2.44. The van der Waals surface area contributed by atoms with Crippen molar-refractivity contribution in [2.24, 2.45) is 0 Å². The summed E-state index contributed by atoms with van der Waals surface area (Å²) in [6.45, 7) is 6.74. The van der Waals surface area contributed by atoms with Gasteiger partial charge in [-0.2, -0.15) is 0 Å². The number of nitrogens with one attached hydrogen (secondary N) is 2. The van der Waals surface area contributed by atoms with Crippen molar-refractivity contribution in [1.82, 2.24) is 15.2 Å². The summed E-state index contributed by atoms with van der Waals surface area (Å²) in [5.74, 6) is 0. The lowest BCUT2D eigenvalue weighted by atomic mass is 10.2. The number of oxazole rings is 1. The molecule has 0 spiro atoms. The Bertz CT molecular complexity index is 519. The highest BCUT2D eigenvalue weighted by Crippen LogP contribution is 2.17. The van der Waals surface area contributed by atoms with E-state index in [1.807, 2.05) is 12.1 Å². The number of hydrogen-bond donors (Lipinski definition) is 2. The summed E-state index contributed by atoms with van der Waals surface area (Å²) in [5, 5.41) is 6.81. The number of piperazine rings is 1. The molecule has 2 N–H and O–H groups in total. The standard InChI is InChI=1S/C14H20N4O/c1(7-18-8-5-15-6-9-18)4-16-12-2-3-13-14(10-12)19-11-17-13/h2-3,10-11,15-16H,1,4-9H2. The monoisotopic (exact) mass is 260 g/mol. The van der Waals surface area contributed by atoms with Crippen molar-refractivity contribution in [2.45, 2.75) is 6.42 Å². The van der Waals surface area contributed by atoms with Crippen molar-refractivity contribution in [3.63, 3.8) is 0 Å². The number of nitrogens with zero attached hydrogens (tertiary/aromatic N) is 2. The normalized spacial score (nSPS) is 16.8. The number of fused-ring (bicyclic) bond motifs is 1. The van der Waals surface area contributed by atoms with Crippen LogP contribution in [-0.4, -0.2) is 49.2 Å². The van der Waals surface area contributed by atoms with Crippen molar-refractivity contribution in [1.29, 1.82) is 0 Å². The maximum absolute atomic E-state index is 5.29. The van der Waals surface area contributed by atoms with Gasteiger partial charge in [-0.25, -0.2) is 4.98 Å². The molecule has 2 heterocycles. The molecule has 19 heavy (non-hydrogen) atoms. The van der Waals surface area contributed by atoms with Crippen LogP contribution in [0.3, 0.4) is 0 Å². The average molecular weight is 260 g/mol. The maximum Gasteiger partial charge on any atom is 0.181 e. The molecular weight excluding hydrogens is 240 g/mol. The first-order valence-corrected chi connectivity index (χ1v) is 6.92. The maximum atomic E-state index is 5.29. The second-order valence-corrected chi connectivity index (χ2v) is 4.91. The first kappa shape index (κ1) is 12.4. The van der Waals surface area contributed by atoms with Gasteiger partial charge >= 0.3 is 0 Å². The van der Waals surface area contributed by atoms with Crippen molar-refractivity contribution < 1.29 is 4.42 Å². The quantitative estimate of drug-likeness (QED) is 0.799. The van der Waals surface area contributed by atoms with Gasteiger partial charge in [-0.3, -0.25) is 0 Å². The van der Waals surface area contributed by atoms with E-state index in [0.29, 0.717) is 0 Å². The van der Waals surface area contributed by atoms with E-state index in [1.165, 1.54) is 26.0 Å². The van der Waals surface area contributed by atoms with Gasteiger partial charge in [0.1, 0.15) is 5.52 Å². The number of aromatic nitrogens is 1. The lowest BCUT2D eigenvalue weighted by molar-refractivity contribution is 0.240. The number of rotatable bonds is 5. The first-order valence-electron chi connectivity index (χ1n) is 6.92. The van der Waals surface area contributed by atoms with Crippen LogP contribution in [-0.2, 0) is 0 Å². The van der Waals surface area contributed by atoms with E-state index < -0.39 is 0 Å². The lowest BCUT2D eigenvalue weighted by Gasteiger charge is -2.27. The van der Waals surface area contributed by atoms with Gasteiger partial charge in [0, 0.05) is 44.5 Å². The Morgan fingerprint density at radius 2 is 2.21 bits per heavy atom. The molecule has 5 nitrogen and oxygen atoms in total. The smallest absolute Gasteiger partial charge is 0.181 e. The van der Waals surface area contributed by atoms with E-state index in [2.05, 4.69) is 26.6 Å². The SMILES string of the molecule is c1nc2ccc(NCCCN3CCNCC3)cc2o1. The van der Waals surface area contributed by atoms with Gasteiger partial charge in [0.05, 0.1) is 0 Å². The third-order valence-electron chi connectivity index (χ3n) is 3.52. The summed E-state index contributed by atoms with van der Waals surface area (Å²) in [7, 11) is 0. The molecule has 1 aliphatic heterocycles. The van der Waals surface area contributed by atoms with Gasteiger partial charge < -0.3 is 20.0 Å². The van der Waals surface area contributed by atoms with E-state index in [0.717, 1.165) is 42.8 Å². The predicted octanol–water partition coefficient (Wildman–Crippen LogP) is 1.53. The fourth-order valence-corrected chi connectivity index (χ4v) is 2.44. The van der Waals surface area contributed by atoms with Gasteiger partial charge in [-0.15, -0.1) is 0 Å². The summed E-state index contributed by atoms with van der Waals surface area (Å²) in [4.78, 5) is 6.62. The highest BCUT2D eigenvalue weighted by molar-refractivity contribution is 5.76. The predicted molar refractivity (Wildman–Crippen MR) is 76.4 cm³/mol. The van der Waals surface area contributed by atoms with E-state index >= 15 is 0 Å². The van der Waals surface area contributed by atoms with Crippen LogP contribution in [0, 0.1) is 0 Å². The van der Waals surface area contributed by atoms with Crippen LogP contribution in [0.2, 0.25) is 0 Å². The van der Waals surface area contributed by atoms with Crippen LogP contribution in [0.15, 0.2) is 29.0 Å². The number of hydrogen-bond acceptors (Lipinski definition) is 5. The number of benzene rings is 1. The minimum Gasteiger partial charge on any atom is -0.443 e. The molecule has 2 aromatic rings. The molecule has 102 valence electrons. The van der Waals surface area contributed by atoms with E-state index in [4.69, 9.17) is 4.42 Å². The highest BCUT2D eigenvalue weighted by Gasteiger charge is 2.08. The van der Waals surface area contributed by atoms with Gasteiger partial charge in [-0.1, -0.05) is 0 Å². The number of anilines is 1. The zero-order chi connectivity index (χ0) is 12.9. The third kappa shape index (κ3) is 3.24. The van der Waals surface area contributed by atoms with E-state index in [9.17, 15) is 0 Å². The zero-order valence-electron chi connectivity index (χ0n) is 11.1. The average Bonchev–Trinajstić information content (AvgIpc) is 2.92. The van der Waals surface area contributed by atoms with Crippen molar-refractivity contribution >= 4 is 16.8 Å². The second kappa shape index (κ2) is 6.04. The topological polar surface area (TPSA) is 53.3 Å². The molecule has 0 unspecified atom stereocenters. The molecule has 0 saturated carbocycles. The molecule has 0 aliphatic carbocycles. The second-order valence-electron chi connectivity index (χ2n) is 4.91. The Morgan fingerprint density at radius 1 is 1.32 bits per heavy atom. The molecule has 5 heteroatoms. The van der Waals surface area contributed by atoms with Gasteiger partial charge in [0.25, 0.3) is 0 Å². The van der Waals surface area contributed by atoms with Crippen molar-refractivity contribution in [2.75, 3.05) is 44.6 Å². The molecule has 3 rings (SSSR count). The van der Waals surface area contributed by atoms with Crippen LogP contribution >= 0.6 is 0 Å². The summed E-state index contributed by atoms with van der Waals surface area (Å²) < 4.78 is 5.29. The molecule has 1 aromatic carbocycles. The van der Waals surface area contributed by atoms with Crippen LogP contribution in [0.5, 0.6) is 0 Å². The van der Waals surface area contributed by atoms with Gasteiger partial charge in [0.2, 0.25) is 0 Å². The molecule has 1 saturated heterocycles. The Labute approximate surface area is 113 Å². The van der Waals surface area contributed by atoms with Crippen LogP contribution in [0.25, 0.3) is 11.1 Å². The highest BCUT2D eigenvalue weighted by atomic mass is 16.3. The molecule has 1 aliphatic rings. The van der Waals surface area contributed by atoms with Crippen LogP contribution in [0.1, 0.15) is 6.42 Å². The molecule has 1 fully saturated rings. The minimum absolute atomic E-state index is 0.840. The fraction of sp³-hybridized carbons (Fsp3) is 0.500. The first-order chi connectivity index (χ1) is 9.42. The van der Waals surface area contributed by atoms with Gasteiger partial charge in [-0.05, 0) is 25.1 Å². The third-order valence-corrected chi connectivity index (χ3v) is 3.52. The summed E-state index contributed by atoms with van der Waals surface area (Å²) in [5.41, 5.74) is 2.85. The summed E-state index contributed by atoms with van der Waals surface area (Å²) >= 11 is 0. The van der Waals surface area contributed by atoms with Crippen molar-refractivity contribution in [3.05, 3.63) is 24.6 Å². The molecule has 0 amide bonds. The Hall–Kier alpha value is -1.59. The van der Waals surface area contributed by atoms with E-state index in [-0.39, 0.29) is 0 Å². The van der Waals surface area contributed by atoms with Crippen LogP contribution in [0.4, 0.5) is 5.69 Å². The Kier molecular flexibility index (Phi) is 3.95. The van der Waals surface area contributed by atoms with Crippen molar-refractivity contribution in [3.8, 4) is 0 Å².